The van der Waals surface area contributed by atoms with Gasteiger partial charge in [0.1, 0.15) is 16.9 Å². The summed E-state index contributed by atoms with van der Waals surface area (Å²) in [7, 11) is 0. The molecule has 5 heteroatoms. The topological polar surface area (TPSA) is 68.4 Å². The van der Waals surface area contributed by atoms with Crippen LogP contribution >= 0.6 is 0 Å². The van der Waals surface area contributed by atoms with Crippen molar-refractivity contribution in [2.75, 3.05) is 6.61 Å². The van der Waals surface area contributed by atoms with E-state index in [2.05, 4.69) is 24.0 Å². The van der Waals surface area contributed by atoms with Crippen LogP contribution < -0.4 is 4.74 Å². The average Bonchev–Trinajstić information content (AvgIpc) is 3.35. The molecule has 5 rings (SSSR count). The number of phenols is 1. The molecule has 3 aromatic carbocycles. The van der Waals surface area contributed by atoms with Crippen molar-refractivity contribution in [2.45, 2.75) is 71.1 Å². The first-order valence-electron chi connectivity index (χ1n) is 14.5. The fraction of sp³-hybridized carbons (Fsp3) is 0.353. The van der Waals surface area contributed by atoms with E-state index < -0.39 is 0 Å². The third-order valence-corrected chi connectivity index (χ3v) is 7.28. The first kappa shape index (κ1) is 26.7. The lowest BCUT2D eigenvalue weighted by atomic mass is 10.1. The number of hydrogen-bond acceptors (Lipinski definition) is 5. The predicted molar refractivity (Wildman–Crippen MR) is 159 cm³/mol. The number of benzene rings is 3. The standard InChI is InChI=1S/C34H38N2O3/c1-2-3-4-5-6-7-8-9-10-15-23-38-32-24-29(35-34(36-32)28-18-11-13-21-30(28)37)27-20-16-19-26-25-17-12-14-22-31(25)39-33(26)27/h11-14,16-22,24,37H,2-10,15,23H2,1H3. The highest BCUT2D eigenvalue weighted by Crippen LogP contribution is 2.37. The average molecular weight is 523 g/mol. The number of aromatic nitrogens is 2. The number of furan rings is 1. The summed E-state index contributed by atoms with van der Waals surface area (Å²) in [5, 5.41) is 12.6. The Morgan fingerprint density at radius 2 is 1.36 bits per heavy atom. The molecule has 5 aromatic rings. The maximum atomic E-state index is 10.5. The molecule has 0 saturated carbocycles. The minimum atomic E-state index is 0.136. The van der Waals surface area contributed by atoms with E-state index in [-0.39, 0.29) is 5.75 Å². The van der Waals surface area contributed by atoms with Crippen molar-refractivity contribution in [3.63, 3.8) is 0 Å². The minimum Gasteiger partial charge on any atom is -0.507 e. The number of ether oxygens (including phenoxy) is 1. The Hall–Kier alpha value is -3.86. The van der Waals surface area contributed by atoms with Gasteiger partial charge in [-0.15, -0.1) is 0 Å². The molecule has 202 valence electrons. The molecule has 0 aliphatic rings. The first-order valence-corrected chi connectivity index (χ1v) is 14.5. The number of nitrogens with zero attached hydrogens (tertiary/aromatic N) is 2. The molecule has 2 heterocycles. The van der Waals surface area contributed by atoms with E-state index >= 15 is 0 Å². The highest BCUT2D eigenvalue weighted by atomic mass is 16.5. The van der Waals surface area contributed by atoms with Gasteiger partial charge in [0.15, 0.2) is 5.82 Å². The third-order valence-electron chi connectivity index (χ3n) is 7.28. The van der Waals surface area contributed by atoms with Crippen LogP contribution in [-0.4, -0.2) is 21.7 Å². The summed E-state index contributed by atoms with van der Waals surface area (Å²) >= 11 is 0. The van der Waals surface area contributed by atoms with Gasteiger partial charge in [-0.05, 0) is 30.7 Å². The Kier molecular flexibility index (Phi) is 9.10. The minimum absolute atomic E-state index is 0.136. The summed E-state index contributed by atoms with van der Waals surface area (Å²) in [4.78, 5) is 9.52. The van der Waals surface area contributed by atoms with Gasteiger partial charge in [0.2, 0.25) is 5.88 Å². The van der Waals surface area contributed by atoms with E-state index in [1.165, 1.54) is 51.4 Å². The molecule has 39 heavy (non-hydrogen) atoms. The van der Waals surface area contributed by atoms with Gasteiger partial charge >= 0.3 is 0 Å². The number of para-hydroxylation sites is 3. The van der Waals surface area contributed by atoms with E-state index in [9.17, 15) is 5.11 Å². The molecule has 0 radical (unpaired) electrons. The van der Waals surface area contributed by atoms with Crippen LogP contribution in [0.5, 0.6) is 11.6 Å². The molecule has 0 atom stereocenters. The van der Waals surface area contributed by atoms with Crippen molar-refractivity contribution in [3.05, 3.63) is 72.8 Å². The number of phenolic OH excluding ortho intramolecular Hbond substituents is 1. The van der Waals surface area contributed by atoms with Crippen molar-refractivity contribution in [2.24, 2.45) is 0 Å². The van der Waals surface area contributed by atoms with E-state index in [1.807, 2.05) is 48.5 Å². The van der Waals surface area contributed by atoms with Gasteiger partial charge < -0.3 is 14.3 Å². The van der Waals surface area contributed by atoms with Gasteiger partial charge in [-0.25, -0.2) is 4.98 Å². The van der Waals surface area contributed by atoms with Crippen LogP contribution in [0, 0.1) is 0 Å². The van der Waals surface area contributed by atoms with E-state index in [0.717, 1.165) is 40.3 Å². The molecule has 0 saturated heterocycles. The normalized spacial score (nSPS) is 11.4. The van der Waals surface area contributed by atoms with Crippen molar-refractivity contribution in [1.29, 1.82) is 0 Å². The summed E-state index contributed by atoms with van der Waals surface area (Å²) in [6.45, 7) is 2.86. The van der Waals surface area contributed by atoms with Gasteiger partial charge in [-0.2, -0.15) is 4.98 Å². The fourth-order valence-corrected chi connectivity index (χ4v) is 5.14. The molecule has 0 fully saturated rings. The fourth-order valence-electron chi connectivity index (χ4n) is 5.14. The zero-order valence-corrected chi connectivity index (χ0v) is 22.9. The smallest absolute Gasteiger partial charge is 0.217 e. The molecular weight excluding hydrogens is 484 g/mol. The molecular formula is C34H38N2O3. The SMILES string of the molecule is CCCCCCCCCCCCOc1cc(-c2cccc3c2oc2ccccc23)nc(-c2ccccc2O)n1. The van der Waals surface area contributed by atoms with Crippen LogP contribution in [0.1, 0.15) is 71.1 Å². The molecule has 1 N–H and O–H groups in total. The van der Waals surface area contributed by atoms with Crippen LogP contribution in [0.25, 0.3) is 44.6 Å². The van der Waals surface area contributed by atoms with Gasteiger partial charge in [0.05, 0.1) is 17.9 Å². The summed E-state index contributed by atoms with van der Waals surface area (Å²) in [6, 6.07) is 23.1. The lowest BCUT2D eigenvalue weighted by molar-refractivity contribution is 0.293. The second-order valence-corrected chi connectivity index (χ2v) is 10.2. The molecule has 0 unspecified atom stereocenters. The largest absolute Gasteiger partial charge is 0.507 e. The maximum absolute atomic E-state index is 10.5. The van der Waals surface area contributed by atoms with Gasteiger partial charge in [-0.1, -0.05) is 107 Å². The second kappa shape index (κ2) is 13.3. The zero-order chi connectivity index (χ0) is 26.9. The van der Waals surface area contributed by atoms with Crippen LogP contribution in [-0.2, 0) is 0 Å². The molecule has 0 bridgehead atoms. The highest BCUT2D eigenvalue weighted by Gasteiger charge is 2.17. The lowest BCUT2D eigenvalue weighted by Crippen LogP contribution is -2.02. The lowest BCUT2D eigenvalue weighted by Gasteiger charge is -2.11. The quantitative estimate of drug-likeness (QED) is 0.147. The van der Waals surface area contributed by atoms with Crippen LogP contribution in [0.15, 0.2) is 77.2 Å². The van der Waals surface area contributed by atoms with E-state index in [1.54, 1.807) is 12.1 Å². The molecule has 0 aliphatic heterocycles. The van der Waals surface area contributed by atoms with Crippen molar-refractivity contribution in [1.82, 2.24) is 9.97 Å². The van der Waals surface area contributed by atoms with Crippen LogP contribution in [0.3, 0.4) is 0 Å². The van der Waals surface area contributed by atoms with Crippen molar-refractivity contribution in [3.8, 4) is 34.3 Å². The summed E-state index contributed by atoms with van der Waals surface area (Å²) in [5.41, 5.74) is 3.76. The van der Waals surface area contributed by atoms with E-state index in [0.29, 0.717) is 29.6 Å². The molecule has 0 spiro atoms. The Morgan fingerprint density at radius 3 is 2.15 bits per heavy atom. The summed E-state index contributed by atoms with van der Waals surface area (Å²) in [6.07, 6.45) is 12.8. The predicted octanol–water partition coefficient (Wildman–Crippen LogP) is 9.72. The third kappa shape index (κ3) is 6.59. The first-order chi connectivity index (χ1) is 19.2. The zero-order valence-electron chi connectivity index (χ0n) is 22.9. The Morgan fingerprint density at radius 1 is 0.692 bits per heavy atom. The van der Waals surface area contributed by atoms with Crippen LogP contribution in [0.2, 0.25) is 0 Å². The highest BCUT2D eigenvalue weighted by molar-refractivity contribution is 6.09. The Bertz CT molecular complexity index is 1510. The second-order valence-electron chi connectivity index (χ2n) is 10.2. The number of aromatic hydroxyl groups is 1. The Balaban J connectivity index is 1.32. The molecule has 0 amide bonds. The molecule has 5 nitrogen and oxygen atoms in total. The molecule has 0 aliphatic carbocycles. The number of unbranched alkanes of at least 4 members (excludes halogenated alkanes) is 9. The van der Waals surface area contributed by atoms with Gasteiger partial charge in [0, 0.05) is 22.4 Å². The van der Waals surface area contributed by atoms with Crippen molar-refractivity contribution < 1.29 is 14.3 Å². The number of rotatable bonds is 14. The summed E-state index contributed by atoms with van der Waals surface area (Å²) in [5.74, 6) is 1.07. The van der Waals surface area contributed by atoms with Gasteiger partial charge in [0.25, 0.3) is 0 Å². The number of hydrogen-bond donors (Lipinski definition) is 1. The monoisotopic (exact) mass is 522 g/mol. The van der Waals surface area contributed by atoms with Crippen molar-refractivity contribution >= 4 is 21.9 Å². The maximum Gasteiger partial charge on any atom is 0.217 e. The van der Waals surface area contributed by atoms with Gasteiger partial charge in [-0.3, -0.25) is 0 Å². The Labute approximate surface area is 230 Å². The van der Waals surface area contributed by atoms with E-state index in [4.69, 9.17) is 14.1 Å². The van der Waals surface area contributed by atoms with Crippen LogP contribution in [0.4, 0.5) is 0 Å². The number of fused-ring (bicyclic) bond motifs is 3. The summed E-state index contributed by atoms with van der Waals surface area (Å²) < 4.78 is 12.4. The molecule has 2 aromatic heterocycles.